The van der Waals surface area contributed by atoms with Gasteiger partial charge in [-0.3, -0.25) is 14.2 Å². The highest BCUT2D eigenvalue weighted by molar-refractivity contribution is 5.84. The van der Waals surface area contributed by atoms with Crippen LogP contribution in [0.3, 0.4) is 0 Å². The van der Waals surface area contributed by atoms with E-state index in [2.05, 4.69) is 9.97 Å². The average molecular weight is 337 g/mol. The van der Waals surface area contributed by atoms with Crippen LogP contribution in [0.2, 0.25) is 0 Å². The van der Waals surface area contributed by atoms with Gasteiger partial charge in [-0.1, -0.05) is 6.92 Å². The van der Waals surface area contributed by atoms with E-state index in [0.29, 0.717) is 6.42 Å². The van der Waals surface area contributed by atoms with Gasteiger partial charge in [-0.05, 0) is 6.42 Å². The molecule has 0 aromatic carbocycles. The maximum atomic E-state index is 12.5. The molecule has 1 saturated heterocycles. The lowest BCUT2D eigenvalue weighted by Gasteiger charge is -2.14. The minimum atomic E-state index is -0.832. The predicted molar refractivity (Wildman–Crippen MR) is 83.4 cm³/mol. The molecular weight excluding hydrogens is 318 g/mol. The van der Waals surface area contributed by atoms with Gasteiger partial charge in [-0.15, -0.1) is 0 Å². The number of imidazole rings is 1. The summed E-state index contributed by atoms with van der Waals surface area (Å²) < 4.78 is 7.83. The standard InChI is InChI=1S/C14H19N5O5/c1-2-3-9(22)19-13(23)11-12(17-14(19)15)18(6-16-11)10-4-7(21)8(5-20)24-10/h6-8,10,20-21H,2-5H2,1H3,(H2,15,17)/t7-,8+,10+/m0/s1. The Hall–Kier alpha value is -2.30. The van der Waals surface area contributed by atoms with Gasteiger partial charge in [0.05, 0.1) is 19.0 Å². The molecule has 0 aliphatic carbocycles. The number of carbonyl (C=O) groups excluding carboxylic acids is 1. The van der Waals surface area contributed by atoms with E-state index in [1.807, 2.05) is 6.92 Å². The number of nitrogen functional groups attached to an aromatic ring is 1. The number of rotatable bonds is 4. The van der Waals surface area contributed by atoms with Crippen molar-refractivity contribution in [2.45, 2.75) is 44.6 Å². The first kappa shape index (κ1) is 16.6. The number of aromatic nitrogens is 4. The van der Waals surface area contributed by atoms with Gasteiger partial charge < -0.3 is 20.7 Å². The van der Waals surface area contributed by atoms with Crippen LogP contribution in [-0.2, 0) is 4.74 Å². The van der Waals surface area contributed by atoms with Crippen molar-refractivity contribution in [1.82, 2.24) is 19.1 Å². The number of hydrogen-bond acceptors (Lipinski definition) is 8. The van der Waals surface area contributed by atoms with Gasteiger partial charge in [-0.2, -0.15) is 4.98 Å². The van der Waals surface area contributed by atoms with E-state index >= 15 is 0 Å². The van der Waals surface area contributed by atoms with Crippen molar-refractivity contribution >= 4 is 23.0 Å². The average Bonchev–Trinajstić information content (AvgIpc) is 3.10. The Bertz CT molecular complexity index is 829. The molecule has 3 rings (SSSR count). The quantitative estimate of drug-likeness (QED) is 0.661. The number of ether oxygens (including phenoxy) is 1. The lowest BCUT2D eigenvalue weighted by molar-refractivity contribution is -0.0432. The second-order valence-corrected chi connectivity index (χ2v) is 5.69. The van der Waals surface area contributed by atoms with E-state index in [1.54, 1.807) is 0 Å². The van der Waals surface area contributed by atoms with Crippen LogP contribution < -0.4 is 11.3 Å². The molecule has 0 unspecified atom stereocenters. The zero-order valence-electron chi connectivity index (χ0n) is 13.1. The molecule has 4 N–H and O–H groups in total. The zero-order valence-corrected chi connectivity index (χ0v) is 13.1. The van der Waals surface area contributed by atoms with Crippen molar-refractivity contribution in [3.63, 3.8) is 0 Å². The van der Waals surface area contributed by atoms with Gasteiger partial charge >= 0.3 is 0 Å². The summed E-state index contributed by atoms with van der Waals surface area (Å²) in [6, 6.07) is 0. The molecule has 2 aromatic heterocycles. The molecule has 3 heterocycles. The molecule has 3 atom stereocenters. The van der Waals surface area contributed by atoms with Crippen LogP contribution in [0.4, 0.5) is 5.95 Å². The number of anilines is 1. The summed E-state index contributed by atoms with van der Waals surface area (Å²) in [6.07, 6.45) is 0.149. The topological polar surface area (TPSA) is 145 Å². The third kappa shape index (κ3) is 2.58. The second-order valence-electron chi connectivity index (χ2n) is 5.69. The predicted octanol–water partition coefficient (Wildman–Crippen LogP) is -0.744. The van der Waals surface area contributed by atoms with E-state index in [4.69, 9.17) is 15.6 Å². The van der Waals surface area contributed by atoms with Crippen LogP contribution in [0.5, 0.6) is 0 Å². The number of nitrogens with zero attached hydrogens (tertiary/aromatic N) is 4. The number of nitrogens with two attached hydrogens (primary N) is 1. The van der Waals surface area contributed by atoms with E-state index in [-0.39, 0.29) is 36.6 Å². The molecule has 0 bridgehead atoms. The third-order valence-electron chi connectivity index (χ3n) is 4.03. The van der Waals surface area contributed by atoms with Gasteiger partial charge in [0.2, 0.25) is 11.9 Å². The Kier molecular flexibility index (Phi) is 4.35. The number of fused-ring (bicyclic) bond motifs is 1. The summed E-state index contributed by atoms with van der Waals surface area (Å²) in [5.74, 6) is -0.651. The number of aliphatic hydroxyl groups is 2. The maximum Gasteiger partial charge on any atom is 0.289 e. The minimum absolute atomic E-state index is 0.000749. The Morgan fingerprint density at radius 2 is 2.29 bits per heavy atom. The summed E-state index contributed by atoms with van der Waals surface area (Å²) in [6.45, 7) is 1.50. The van der Waals surface area contributed by atoms with Crippen LogP contribution in [0.1, 0.15) is 37.2 Å². The highest BCUT2D eigenvalue weighted by atomic mass is 16.5. The van der Waals surface area contributed by atoms with Crippen molar-refractivity contribution in [3.05, 3.63) is 16.7 Å². The van der Waals surface area contributed by atoms with Gasteiger partial charge in [-0.25, -0.2) is 9.55 Å². The van der Waals surface area contributed by atoms with Crippen LogP contribution in [0, 0.1) is 0 Å². The normalized spacial score (nSPS) is 23.9. The Morgan fingerprint density at radius 1 is 1.54 bits per heavy atom. The van der Waals surface area contributed by atoms with Gasteiger partial charge in [0, 0.05) is 12.8 Å². The summed E-state index contributed by atoms with van der Waals surface area (Å²) in [5, 5.41) is 19.0. The van der Waals surface area contributed by atoms with Gasteiger partial charge in [0.1, 0.15) is 12.3 Å². The van der Waals surface area contributed by atoms with Crippen LogP contribution in [0.15, 0.2) is 11.1 Å². The van der Waals surface area contributed by atoms with Gasteiger partial charge in [0.25, 0.3) is 5.56 Å². The molecular formula is C14H19N5O5. The minimum Gasteiger partial charge on any atom is -0.394 e. The molecule has 0 amide bonds. The second kappa shape index (κ2) is 6.30. The largest absolute Gasteiger partial charge is 0.394 e. The molecule has 10 heteroatoms. The Labute approximate surface area is 136 Å². The SMILES string of the molecule is CCCC(=O)n1c(N)nc2c(ncn2[C@H]2C[C@H](O)[C@@H](CO)O2)c1=O. The van der Waals surface area contributed by atoms with E-state index in [9.17, 15) is 14.7 Å². The highest BCUT2D eigenvalue weighted by Crippen LogP contribution is 2.30. The summed E-state index contributed by atoms with van der Waals surface area (Å²) in [4.78, 5) is 32.7. The van der Waals surface area contributed by atoms with Crippen LogP contribution in [0.25, 0.3) is 11.2 Å². The summed E-state index contributed by atoms with van der Waals surface area (Å²) in [5.41, 5.74) is 5.33. The molecule has 130 valence electrons. The highest BCUT2D eigenvalue weighted by Gasteiger charge is 2.35. The number of aliphatic hydroxyl groups excluding tert-OH is 2. The van der Waals surface area contributed by atoms with Gasteiger partial charge in [0.15, 0.2) is 11.2 Å². The van der Waals surface area contributed by atoms with Crippen molar-refractivity contribution in [2.24, 2.45) is 0 Å². The first-order chi connectivity index (χ1) is 11.5. The molecule has 2 aromatic rings. The van der Waals surface area contributed by atoms with E-state index in [0.717, 1.165) is 4.57 Å². The summed E-state index contributed by atoms with van der Waals surface area (Å²) >= 11 is 0. The monoisotopic (exact) mass is 337 g/mol. The van der Waals surface area contributed by atoms with E-state index in [1.165, 1.54) is 10.9 Å². The van der Waals surface area contributed by atoms with Crippen LogP contribution >= 0.6 is 0 Å². The number of carbonyl (C=O) groups is 1. The van der Waals surface area contributed by atoms with Crippen molar-refractivity contribution in [1.29, 1.82) is 0 Å². The molecule has 1 fully saturated rings. The Morgan fingerprint density at radius 3 is 2.92 bits per heavy atom. The molecule has 24 heavy (non-hydrogen) atoms. The number of hydrogen-bond donors (Lipinski definition) is 3. The lowest BCUT2D eigenvalue weighted by atomic mass is 10.2. The zero-order chi connectivity index (χ0) is 17.4. The molecule has 1 aliphatic rings. The maximum absolute atomic E-state index is 12.5. The lowest BCUT2D eigenvalue weighted by Crippen LogP contribution is -2.30. The molecule has 0 radical (unpaired) electrons. The fourth-order valence-corrected chi connectivity index (χ4v) is 2.81. The fraction of sp³-hybridized carbons (Fsp3) is 0.571. The molecule has 0 saturated carbocycles. The van der Waals surface area contributed by atoms with Crippen molar-refractivity contribution in [2.75, 3.05) is 12.3 Å². The molecule has 10 nitrogen and oxygen atoms in total. The fourth-order valence-electron chi connectivity index (χ4n) is 2.81. The van der Waals surface area contributed by atoms with Crippen molar-refractivity contribution < 1.29 is 19.7 Å². The first-order valence-corrected chi connectivity index (χ1v) is 7.70. The Balaban J connectivity index is 2.05. The smallest absolute Gasteiger partial charge is 0.289 e. The molecule has 0 spiro atoms. The van der Waals surface area contributed by atoms with E-state index < -0.39 is 29.9 Å². The van der Waals surface area contributed by atoms with Crippen LogP contribution in [-0.4, -0.2) is 54.0 Å². The molecule has 1 aliphatic heterocycles. The third-order valence-corrected chi connectivity index (χ3v) is 4.03. The first-order valence-electron chi connectivity index (χ1n) is 7.70. The summed E-state index contributed by atoms with van der Waals surface area (Å²) in [7, 11) is 0. The van der Waals surface area contributed by atoms with Crippen molar-refractivity contribution in [3.8, 4) is 0 Å².